The maximum absolute atomic E-state index is 13.1. The van der Waals surface area contributed by atoms with Crippen molar-refractivity contribution < 1.29 is 9.13 Å². The molecule has 0 fully saturated rings. The van der Waals surface area contributed by atoms with E-state index in [1.807, 2.05) is 6.92 Å². The molecule has 0 saturated heterocycles. The molecular formula is C13H11ClFNO. The molecule has 0 radical (unpaired) electrons. The van der Waals surface area contributed by atoms with E-state index in [4.69, 9.17) is 22.1 Å². The van der Waals surface area contributed by atoms with E-state index in [9.17, 15) is 4.39 Å². The number of nitrogens with two attached hydrogens (primary N) is 1. The number of anilines is 1. The molecule has 2 nitrogen and oxygen atoms in total. The van der Waals surface area contributed by atoms with Gasteiger partial charge in [0.05, 0.1) is 5.02 Å². The summed E-state index contributed by atoms with van der Waals surface area (Å²) in [5, 5.41) is 0.364. The summed E-state index contributed by atoms with van der Waals surface area (Å²) in [5.41, 5.74) is 7.15. The van der Waals surface area contributed by atoms with E-state index in [2.05, 4.69) is 0 Å². The predicted molar refractivity (Wildman–Crippen MR) is 67.1 cm³/mol. The molecule has 4 heteroatoms. The van der Waals surface area contributed by atoms with Gasteiger partial charge >= 0.3 is 0 Å². The quantitative estimate of drug-likeness (QED) is 0.814. The van der Waals surface area contributed by atoms with Gasteiger partial charge in [0.2, 0.25) is 0 Å². The van der Waals surface area contributed by atoms with E-state index in [-0.39, 0.29) is 0 Å². The second-order valence-corrected chi connectivity index (χ2v) is 4.11. The van der Waals surface area contributed by atoms with Gasteiger partial charge in [-0.1, -0.05) is 11.6 Å². The van der Waals surface area contributed by atoms with Crippen LogP contribution >= 0.6 is 11.6 Å². The second-order valence-electron chi connectivity index (χ2n) is 3.70. The molecule has 2 aromatic carbocycles. The van der Waals surface area contributed by atoms with Crippen molar-refractivity contribution >= 4 is 17.3 Å². The van der Waals surface area contributed by atoms with Crippen LogP contribution in [0.15, 0.2) is 36.4 Å². The number of rotatable bonds is 2. The van der Waals surface area contributed by atoms with Gasteiger partial charge in [0.1, 0.15) is 17.3 Å². The maximum Gasteiger partial charge on any atom is 0.148 e. The third-order valence-corrected chi connectivity index (χ3v) is 2.62. The fourth-order valence-corrected chi connectivity index (χ4v) is 1.62. The van der Waals surface area contributed by atoms with Gasteiger partial charge < -0.3 is 10.5 Å². The van der Waals surface area contributed by atoms with Crippen molar-refractivity contribution in [3.8, 4) is 11.5 Å². The minimum absolute atomic E-state index is 0.291. The van der Waals surface area contributed by atoms with Crippen LogP contribution in [0.25, 0.3) is 0 Å². The van der Waals surface area contributed by atoms with Crippen molar-refractivity contribution in [1.82, 2.24) is 0 Å². The lowest BCUT2D eigenvalue weighted by Crippen LogP contribution is -1.91. The summed E-state index contributed by atoms with van der Waals surface area (Å²) >= 11 is 5.91. The van der Waals surface area contributed by atoms with Crippen LogP contribution < -0.4 is 10.5 Å². The SMILES string of the molecule is Cc1cc(N)ccc1Oc1cc(F)ccc1Cl. The molecule has 0 aromatic heterocycles. The number of benzene rings is 2. The molecule has 0 atom stereocenters. The highest BCUT2D eigenvalue weighted by molar-refractivity contribution is 6.32. The Morgan fingerprint density at radius 1 is 1.12 bits per heavy atom. The van der Waals surface area contributed by atoms with Gasteiger partial charge in [-0.3, -0.25) is 0 Å². The normalized spacial score (nSPS) is 10.3. The van der Waals surface area contributed by atoms with Gasteiger partial charge in [0.25, 0.3) is 0 Å². The zero-order chi connectivity index (χ0) is 12.4. The fraction of sp³-hybridized carbons (Fsp3) is 0.0769. The lowest BCUT2D eigenvalue weighted by atomic mass is 10.2. The largest absolute Gasteiger partial charge is 0.455 e. The first-order chi connectivity index (χ1) is 8.06. The number of aryl methyl sites for hydroxylation is 1. The summed E-state index contributed by atoms with van der Waals surface area (Å²) in [6.07, 6.45) is 0. The van der Waals surface area contributed by atoms with Crippen molar-refractivity contribution in [3.63, 3.8) is 0 Å². The summed E-state index contributed by atoms with van der Waals surface area (Å²) in [6, 6.07) is 9.21. The molecule has 17 heavy (non-hydrogen) atoms. The molecule has 0 aliphatic heterocycles. The summed E-state index contributed by atoms with van der Waals surface area (Å²) in [4.78, 5) is 0. The Morgan fingerprint density at radius 3 is 2.59 bits per heavy atom. The number of hydrogen-bond acceptors (Lipinski definition) is 2. The Morgan fingerprint density at radius 2 is 1.88 bits per heavy atom. The predicted octanol–water partition coefficient (Wildman–Crippen LogP) is 4.16. The Labute approximate surface area is 104 Å². The van der Waals surface area contributed by atoms with E-state index in [0.717, 1.165) is 5.56 Å². The standard InChI is InChI=1S/C13H11ClFNO/c1-8-6-10(16)3-5-12(8)17-13-7-9(15)2-4-11(13)14/h2-7H,16H2,1H3. The molecule has 2 N–H and O–H groups in total. The van der Waals surface area contributed by atoms with Gasteiger partial charge in [0.15, 0.2) is 0 Å². The van der Waals surface area contributed by atoms with Gasteiger partial charge in [-0.25, -0.2) is 4.39 Å². The molecule has 0 spiro atoms. The minimum Gasteiger partial charge on any atom is -0.455 e. The van der Waals surface area contributed by atoms with Crippen LogP contribution in [0.2, 0.25) is 5.02 Å². The lowest BCUT2D eigenvalue weighted by Gasteiger charge is -2.10. The number of hydrogen-bond donors (Lipinski definition) is 1. The van der Waals surface area contributed by atoms with E-state index >= 15 is 0 Å². The molecule has 0 amide bonds. The minimum atomic E-state index is -0.391. The Kier molecular flexibility index (Phi) is 3.20. The van der Waals surface area contributed by atoms with Crippen LogP contribution in [0.1, 0.15) is 5.56 Å². The van der Waals surface area contributed by atoms with Crippen LogP contribution in [0.5, 0.6) is 11.5 Å². The van der Waals surface area contributed by atoms with Crippen molar-refractivity contribution in [2.45, 2.75) is 6.92 Å². The third-order valence-electron chi connectivity index (χ3n) is 2.31. The topological polar surface area (TPSA) is 35.2 Å². The van der Waals surface area contributed by atoms with Crippen LogP contribution in [0.4, 0.5) is 10.1 Å². The van der Waals surface area contributed by atoms with Crippen molar-refractivity contribution in [1.29, 1.82) is 0 Å². The third kappa shape index (κ3) is 2.68. The molecule has 88 valence electrons. The van der Waals surface area contributed by atoms with E-state index < -0.39 is 5.82 Å². The highest BCUT2D eigenvalue weighted by atomic mass is 35.5. The average Bonchev–Trinajstić information content (AvgIpc) is 2.27. The zero-order valence-corrected chi connectivity index (χ0v) is 9.96. The average molecular weight is 252 g/mol. The van der Waals surface area contributed by atoms with Gasteiger partial charge in [-0.2, -0.15) is 0 Å². The van der Waals surface area contributed by atoms with Crippen molar-refractivity contribution in [3.05, 3.63) is 52.8 Å². The van der Waals surface area contributed by atoms with Gasteiger partial charge in [-0.05, 0) is 42.8 Å². The molecule has 0 heterocycles. The fourth-order valence-electron chi connectivity index (χ4n) is 1.46. The number of halogens is 2. The Balaban J connectivity index is 2.34. The highest BCUT2D eigenvalue weighted by Crippen LogP contribution is 2.32. The molecule has 2 aromatic rings. The number of ether oxygens (including phenoxy) is 1. The van der Waals surface area contributed by atoms with Crippen molar-refractivity contribution in [2.24, 2.45) is 0 Å². The molecule has 2 rings (SSSR count). The molecule has 0 aliphatic rings. The highest BCUT2D eigenvalue weighted by Gasteiger charge is 2.07. The van der Waals surface area contributed by atoms with Gasteiger partial charge in [-0.15, -0.1) is 0 Å². The lowest BCUT2D eigenvalue weighted by molar-refractivity contribution is 0.473. The van der Waals surface area contributed by atoms with E-state index in [0.29, 0.717) is 22.2 Å². The maximum atomic E-state index is 13.1. The zero-order valence-electron chi connectivity index (χ0n) is 9.21. The summed E-state index contributed by atoms with van der Waals surface area (Å²) in [6.45, 7) is 1.86. The summed E-state index contributed by atoms with van der Waals surface area (Å²) < 4.78 is 18.6. The second kappa shape index (κ2) is 4.63. The van der Waals surface area contributed by atoms with Crippen LogP contribution in [-0.4, -0.2) is 0 Å². The Bertz CT molecular complexity index is 557. The Hall–Kier alpha value is -1.74. The van der Waals surface area contributed by atoms with Crippen LogP contribution in [0, 0.1) is 12.7 Å². The first kappa shape index (κ1) is 11.7. The van der Waals surface area contributed by atoms with E-state index in [1.54, 1.807) is 18.2 Å². The first-order valence-corrected chi connectivity index (χ1v) is 5.43. The molecule has 0 unspecified atom stereocenters. The summed E-state index contributed by atoms with van der Waals surface area (Å²) in [5.74, 6) is 0.503. The molecule has 0 saturated carbocycles. The van der Waals surface area contributed by atoms with Crippen LogP contribution in [-0.2, 0) is 0 Å². The molecular weight excluding hydrogens is 241 g/mol. The molecule has 0 aliphatic carbocycles. The molecule has 0 bridgehead atoms. The summed E-state index contributed by atoms with van der Waals surface area (Å²) in [7, 11) is 0. The van der Waals surface area contributed by atoms with Crippen LogP contribution in [0.3, 0.4) is 0 Å². The van der Waals surface area contributed by atoms with Gasteiger partial charge in [0, 0.05) is 11.8 Å². The smallest absolute Gasteiger partial charge is 0.148 e. The number of nitrogen functional groups attached to an aromatic ring is 1. The van der Waals surface area contributed by atoms with Crippen molar-refractivity contribution in [2.75, 3.05) is 5.73 Å². The van der Waals surface area contributed by atoms with E-state index in [1.165, 1.54) is 18.2 Å². The first-order valence-electron chi connectivity index (χ1n) is 5.05. The monoisotopic (exact) mass is 251 g/mol.